The van der Waals surface area contributed by atoms with Crippen molar-refractivity contribution >= 4 is 28.1 Å². The van der Waals surface area contributed by atoms with Crippen LogP contribution in [-0.4, -0.2) is 39.6 Å². The molecule has 7 nitrogen and oxygen atoms in total. The van der Waals surface area contributed by atoms with Crippen LogP contribution in [0.15, 0.2) is 52.6 Å². The van der Waals surface area contributed by atoms with E-state index in [1.54, 1.807) is 37.5 Å². The zero-order valence-electron chi connectivity index (χ0n) is 17.2. The molecule has 2 aromatic rings. The molecule has 0 spiro atoms. The molecule has 0 heterocycles. The van der Waals surface area contributed by atoms with Crippen LogP contribution in [0.3, 0.4) is 0 Å². The summed E-state index contributed by atoms with van der Waals surface area (Å²) in [5.74, 6) is 1.80. The summed E-state index contributed by atoms with van der Waals surface area (Å²) in [7, 11) is 3.08. The van der Waals surface area contributed by atoms with Crippen LogP contribution in [-0.2, 0) is 0 Å². The Morgan fingerprint density at radius 2 is 1.90 bits per heavy atom. The van der Waals surface area contributed by atoms with E-state index in [1.807, 2.05) is 13.0 Å². The number of amides is 1. The lowest BCUT2D eigenvalue weighted by molar-refractivity contribution is 0.0954. The maximum atomic E-state index is 12.4. The Kier molecular flexibility index (Phi) is 9.21. The van der Waals surface area contributed by atoms with Crippen LogP contribution >= 0.6 is 15.9 Å². The van der Waals surface area contributed by atoms with Gasteiger partial charge >= 0.3 is 0 Å². The Hall–Kier alpha value is -3.00. The largest absolute Gasteiger partial charge is 0.493 e. The van der Waals surface area contributed by atoms with E-state index >= 15 is 0 Å². The molecule has 0 aliphatic heterocycles. The van der Waals surface area contributed by atoms with Crippen molar-refractivity contribution in [3.05, 3.63) is 58.6 Å². The lowest BCUT2D eigenvalue weighted by Crippen LogP contribution is -2.17. The van der Waals surface area contributed by atoms with Gasteiger partial charge in [0.25, 0.3) is 5.91 Å². The van der Waals surface area contributed by atoms with E-state index in [1.165, 1.54) is 13.3 Å². The highest BCUT2D eigenvalue weighted by atomic mass is 79.9. The molecule has 30 heavy (non-hydrogen) atoms. The second-order valence-corrected chi connectivity index (χ2v) is 6.90. The molecule has 0 bridgehead atoms. The predicted octanol–water partition coefficient (Wildman–Crippen LogP) is 4.58. The minimum absolute atomic E-state index is 0.341. The number of carbonyl (C=O) groups is 1. The van der Waals surface area contributed by atoms with Gasteiger partial charge in [0.1, 0.15) is 6.61 Å². The summed E-state index contributed by atoms with van der Waals surface area (Å²) >= 11 is 3.48. The van der Waals surface area contributed by atoms with Crippen molar-refractivity contribution in [2.45, 2.75) is 13.3 Å². The van der Waals surface area contributed by atoms with E-state index in [0.717, 1.165) is 16.5 Å². The maximum absolute atomic E-state index is 12.4. The number of carbonyl (C=O) groups excluding carboxylic acids is 1. The number of methoxy groups -OCH3 is 2. The number of hydrazone groups is 1. The van der Waals surface area contributed by atoms with Crippen LogP contribution in [0.5, 0.6) is 23.0 Å². The zero-order chi connectivity index (χ0) is 21.9. The fraction of sp³-hybridized carbons (Fsp3) is 0.273. The van der Waals surface area contributed by atoms with Gasteiger partial charge in [-0.25, -0.2) is 5.43 Å². The van der Waals surface area contributed by atoms with Crippen molar-refractivity contribution in [2.75, 3.05) is 27.4 Å². The zero-order valence-corrected chi connectivity index (χ0v) is 18.8. The number of hydrogen-bond acceptors (Lipinski definition) is 6. The standard InChI is InChI=1S/C22H25BrN2O5/c1-5-9-29-18-8-7-16(13-19(18)27-3)22(26)25-24-14-15-11-17(23)21(30-10-6-2)20(12-15)28-4/h5,7-8,11-14H,1,6,9-10H2,2-4H3,(H,25,26)/b24-14+. The summed E-state index contributed by atoms with van der Waals surface area (Å²) in [6.07, 6.45) is 4.04. The minimum atomic E-state index is -0.381. The molecule has 2 aromatic carbocycles. The number of nitrogens with one attached hydrogen (secondary N) is 1. The van der Waals surface area contributed by atoms with Crippen molar-refractivity contribution < 1.29 is 23.7 Å². The SMILES string of the molecule is C=CCOc1ccc(C(=O)N/N=C/c2cc(Br)c(OCCC)c(OC)c2)cc1OC. The van der Waals surface area contributed by atoms with Crippen molar-refractivity contribution in [2.24, 2.45) is 5.10 Å². The van der Waals surface area contributed by atoms with Gasteiger partial charge in [-0.3, -0.25) is 4.79 Å². The molecule has 0 saturated carbocycles. The summed E-state index contributed by atoms with van der Waals surface area (Å²) in [4.78, 5) is 12.4. The van der Waals surface area contributed by atoms with Gasteiger partial charge in [-0.05, 0) is 58.2 Å². The normalized spacial score (nSPS) is 10.5. The molecular formula is C22H25BrN2O5. The minimum Gasteiger partial charge on any atom is -0.493 e. The van der Waals surface area contributed by atoms with Crippen LogP contribution in [0.1, 0.15) is 29.3 Å². The van der Waals surface area contributed by atoms with Gasteiger partial charge in [-0.1, -0.05) is 19.6 Å². The second kappa shape index (κ2) is 11.9. The molecule has 0 fully saturated rings. The quantitative estimate of drug-likeness (QED) is 0.291. The van der Waals surface area contributed by atoms with Gasteiger partial charge in [0.2, 0.25) is 0 Å². The van der Waals surface area contributed by atoms with Crippen molar-refractivity contribution in [3.8, 4) is 23.0 Å². The molecule has 0 aliphatic carbocycles. The van der Waals surface area contributed by atoms with E-state index in [9.17, 15) is 4.79 Å². The fourth-order valence-corrected chi connectivity index (χ4v) is 3.04. The first-order chi connectivity index (χ1) is 14.5. The predicted molar refractivity (Wildman–Crippen MR) is 120 cm³/mol. The highest BCUT2D eigenvalue weighted by molar-refractivity contribution is 9.10. The van der Waals surface area contributed by atoms with Crippen LogP contribution < -0.4 is 24.4 Å². The monoisotopic (exact) mass is 476 g/mol. The number of halogens is 1. The van der Waals surface area contributed by atoms with Gasteiger partial charge in [0.15, 0.2) is 23.0 Å². The maximum Gasteiger partial charge on any atom is 0.271 e. The summed E-state index contributed by atoms with van der Waals surface area (Å²) in [5.41, 5.74) is 3.61. The van der Waals surface area contributed by atoms with Crippen molar-refractivity contribution in [1.29, 1.82) is 0 Å². The lowest BCUT2D eigenvalue weighted by atomic mass is 10.2. The first-order valence-corrected chi connectivity index (χ1v) is 10.1. The molecule has 1 N–H and O–H groups in total. The number of benzene rings is 2. The van der Waals surface area contributed by atoms with Crippen LogP contribution in [0.2, 0.25) is 0 Å². The topological polar surface area (TPSA) is 78.4 Å². The average molecular weight is 477 g/mol. The van der Waals surface area contributed by atoms with Gasteiger partial charge in [-0.2, -0.15) is 5.10 Å². The molecular weight excluding hydrogens is 452 g/mol. The molecule has 8 heteroatoms. The van der Waals surface area contributed by atoms with Crippen LogP contribution in [0.4, 0.5) is 0 Å². The summed E-state index contributed by atoms with van der Waals surface area (Å²) in [5, 5.41) is 4.03. The number of nitrogens with zero attached hydrogens (tertiary/aromatic N) is 1. The molecule has 2 rings (SSSR count). The van der Waals surface area contributed by atoms with Crippen molar-refractivity contribution in [3.63, 3.8) is 0 Å². The molecule has 0 aliphatic rings. The van der Waals surface area contributed by atoms with Gasteiger partial charge in [0, 0.05) is 5.56 Å². The average Bonchev–Trinajstić information content (AvgIpc) is 2.76. The number of rotatable bonds is 11. The third-order valence-corrected chi connectivity index (χ3v) is 4.45. The first kappa shape index (κ1) is 23.3. The summed E-state index contributed by atoms with van der Waals surface area (Å²) in [6.45, 7) is 6.56. The highest BCUT2D eigenvalue weighted by Gasteiger charge is 2.12. The Labute approximate surface area is 184 Å². The Bertz CT molecular complexity index is 915. The van der Waals surface area contributed by atoms with E-state index in [-0.39, 0.29) is 5.91 Å². The summed E-state index contributed by atoms with van der Waals surface area (Å²) < 4.78 is 22.6. The summed E-state index contributed by atoms with van der Waals surface area (Å²) in [6, 6.07) is 8.49. The number of hydrogen-bond donors (Lipinski definition) is 1. The fourth-order valence-electron chi connectivity index (χ4n) is 2.47. The molecule has 0 radical (unpaired) electrons. The second-order valence-electron chi connectivity index (χ2n) is 6.05. The van der Waals surface area contributed by atoms with Gasteiger partial charge in [-0.15, -0.1) is 0 Å². The Balaban J connectivity index is 2.10. The van der Waals surface area contributed by atoms with Crippen LogP contribution in [0.25, 0.3) is 0 Å². The molecule has 0 saturated heterocycles. The van der Waals surface area contributed by atoms with E-state index in [0.29, 0.717) is 41.8 Å². The molecule has 0 aromatic heterocycles. The third kappa shape index (κ3) is 6.25. The van der Waals surface area contributed by atoms with Gasteiger partial charge in [0.05, 0.1) is 31.5 Å². The van der Waals surface area contributed by atoms with E-state index < -0.39 is 0 Å². The van der Waals surface area contributed by atoms with Gasteiger partial charge < -0.3 is 18.9 Å². The number of ether oxygens (including phenoxy) is 4. The van der Waals surface area contributed by atoms with E-state index in [4.69, 9.17) is 18.9 Å². The molecule has 160 valence electrons. The lowest BCUT2D eigenvalue weighted by Gasteiger charge is -2.12. The first-order valence-electron chi connectivity index (χ1n) is 9.29. The Morgan fingerprint density at radius 1 is 1.13 bits per heavy atom. The van der Waals surface area contributed by atoms with Crippen molar-refractivity contribution in [1.82, 2.24) is 5.43 Å². The third-order valence-electron chi connectivity index (χ3n) is 3.86. The molecule has 0 unspecified atom stereocenters. The molecule has 0 atom stereocenters. The molecule has 1 amide bonds. The van der Waals surface area contributed by atoms with E-state index in [2.05, 4.69) is 33.0 Å². The highest BCUT2D eigenvalue weighted by Crippen LogP contribution is 2.36. The Morgan fingerprint density at radius 3 is 2.57 bits per heavy atom. The smallest absolute Gasteiger partial charge is 0.271 e. The van der Waals surface area contributed by atoms with Crippen LogP contribution in [0, 0.1) is 0 Å².